The number of hydrogen-bond acceptors (Lipinski definition) is 5. The molecule has 0 spiro atoms. The zero-order valence-corrected chi connectivity index (χ0v) is 10.1. The van der Waals surface area contributed by atoms with Crippen LogP contribution in [0.3, 0.4) is 0 Å². The molecule has 0 N–H and O–H groups in total. The van der Waals surface area contributed by atoms with Gasteiger partial charge < -0.3 is 14.0 Å². The molecule has 1 aromatic carbocycles. The highest BCUT2D eigenvalue weighted by molar-refractivity contribution is 5.55. The van der Waals surface area contributed by atoms with Crippen molar-refractivity contribution in [3.05, 3.63) is 30.2 Å². The van der Waals surface area contributed by atoms with Gasteiger partial charge in [-0.3, -0.25) is 0 Å². The number of benzene rings is 1. The first-order chi connectivity index (χ1) is 8.86. The summed E-state index contributed by atoms with van der Waals surface area (Å²) in [6.45, 7) is 0.769. The Morgan fingerprint density at radius 3 is 2.78 bits per heavy atom. The van der Waals surface area contributed by atoms with Crippen molar-refractivity contribution in [1.29, 1.82) is 0 Å². The molecular weight excluding hydrogens is 232 g/mol. The fraction of sp³-hybridized carbons (Fsp3) is 0.385. The summed E-state index contributed by atoms with van der Waals surface area (Å²) in [6.07, 6.45) is 1.96. The van der Waals surface area contributed by atoms with Gasteiger partial charge in [0.15, 0.2) is 0 Å². The summed E-state index contributed by atoms with van der Waals surface area (Å²) in [7, 11) is 1.64. The summed E-state index contributed by atoms with van der Waals surface area (Å²) in [5.41, 5.74) is 0.906. The van der Waals surface area contributed by atoms with Crippen molar-refractivity contribution in [2.45, 2.75) is 18.9 Å². The Balaban J connectivity index is 1.82. The highest BCUT2D eigenvalue weighted by Crippen LogP contribution is 2.29. The molecule has 1 aliphatic rings. The second-order valence-electron chi connectivity index (χ2n) is 4.19. The van der Waals surface area contributed by atoms with E-state index in [1.807, 2.05) is 24.3 Å². The van der Waals surface area contributed by atoms with Crippen LogP contribution in [0.25, 0.3) is 11.4 Å². The topological polar surface area (TPSA) is 57.4 Å². The van der Waals surface area contributed by atoms with Gasteiger partial charge >= 0.3 is 0 Å². The van der Waals surface area contributed by atoms with Crippen LogP contribution in [0.5, 0.6) is 5.75 Å². The lowest BCUT2D eigenvalue weighted by Gasteiger charge is -2.01. The van der Waals surface area contributed by atoms with Gasteiger partial charge in [0.1, 0.15) is 11.9 Å². The summed E-state index contributed by atoms with van der Waals surface area (Å²) in [5, 5.41) is 3.98. The van der Waals surface area contributed by atoms with Crippen LogP contribution < -0.4 is 4.74 Å². The Kier molecular flexibility index (Phi) is 2.98. The van der Waals surface area contributed by atoms with E-state index in [-0.39, 0.29) is 6.10 Å². The summed E-state index contributed by atoms with van der Waals surface area (Å²) in [5.74, 6) is 1.96. The molecule has 5 heteroatoms. The van der Waals surface area contributed by atoms with Gasteiger partial charge in [-0.1, -0.05) is 5.16 Å². The number of ether oxygens (including phenoxy) is 2. The highest BCUT2D eigenvalue weighted by atomic mass is 16.5. The molecule has 2 heterocycles. The van der Waals surface area contributed by atoms with Crippen molar-refractivity contribution in [2.75, 3.05) is 13.7 Å². The van der Waals surface area contributed by atoms with Crippen LogP contribution in [0.4, 0.5) is 0 Å². The van der Waals surface area contributed by atoms with Gasteiger partial charge in [-0.15, -0.1) is 0 Å². The van der Waals surface area contributed by atoms with Crippen molar-refractivity contribution in [2.24, 2.45) is 0 Å². The Labute approximate surface area is 105 Å². The third kappa shape index (κ3) is 2.09. The zero-order chi connectivity index (χ0) is 12.4. The van der Waals surface area contributed by atoms with Gasteiger partial charge in [0.05, 0.1) is 7.11 Å². The predicted molar refractivity (Wildman–Crippen MR) is 64.2 cm³/mol. The standard InChI is InChI=1S/C13H14N2O3/c1-16-10-6-4-9(5-7-10)12-14-13(18-15-12)11-3-2-8-17-11/h4-7,11H,2-3,8H2,1H3/t11-/m0/s1. The van der Waals surface area contributed by atoms with E-state index in [2.05, 4.69) is 10.1 Å². The maximum Gasteiger partial charge on any atom is 0.256 e. The average molecular weight is 246 g/mol. The zero-order valence-electron chi connectivity index (χ0n) is 10.1. The van der Waals surface area contributed by atoms with E-state index in [1.165, 1.54) is 0 Å². The fourth-order valence-corrected chi connectivity index (χ4v) is 2.00. The molecule has 5 nitrogen and oxygen atoms in total. The molecule has 1 saturated heterocycles. The molecule has 2 aromatic rings. The monoisotopic (exact) mass is 246 g/mol. The van der Waals surface area contributed by atoms with E-state index in [1.54, 1.807) is 7.11 Å². The maximum absolute atomic E-state index is 5.51. The van der Waals surface area contributed by atoms with E-state index < -0.39 is 0 Å². The van der Waals surface area contributed by atoms with Gasteiger partial charge in [0.2, 0.25) is 5.82 Å². The molecule has 0 aliphatic carbocycles. The SMILES string of the molecule is COc1ccc(-c2noc([C@@H]3CCCO3)n2)cc1. The number of nitrogens with zero attached hydrogens (tertiary/aromatic N) is 2. The first kappa shape index (κ1) is 11.2. The Hall–Kier alpha value is -1.88. The van der Waals surface area contributed by atoms with Crippen molar-refractivity contribution in [1.82, 2.24) is 10.1 Å². The van der Waals surface area contributed by atoms with Crippen molar-refractivity contribution in [3.63, 3.8) is 0 Å². The molecule has 0 radical (unpaired) electrons. The van der Waals surface area contributed by atoms with Crippen molar-refractivity contribution in [3.8, 4) is 17.1 Å². The highest BCUT2D eigenvalue weighted by Gasteiger charge is 2.24. The van der Waals surface area contributed by atoms with Gasteiger partial charge in [-0.05, 0) is 37.1 Å². The van der Waals surface area contributed by atoms with E-state index >= 15 is 0 Å². The number of aromatic nitrogens is 2. The molecular formula is C13H14N2O3. The van der Waals surface area contributed by atoms with E-state index in [9.17, 15) is 0 Å². The predicted octanol–water partition coefficient (Wildman–Crippen LogP) is 2.60. The summed E-state index contributed by atoms with van der Waals surface area (Å²) in [6, 6.07) is 7.56. The van der Waals surface area contributed by atoms with Crippen LogP contribution in [0.2, 0.25) is 0 Å². The second-order valence-corrected chi connectivity index (χ2v) is 4.19. The minimum Gasteiger partial charge on any atom is -0.497 e. The van der Waals surface area contributed by atoms with Gasteiger partial charge in [0.25, 0.3) is 5.89 Å². The number of methoxy groups -OCH3 is 1. The second kappa shape index (κ2) is 4.78. The third-order valence-electron chi connectivity index (χ3n) is 3.00. The number of rotatable bonds is 3. The Morgan fingerprint density at radius 2 is 2.11 bits per heavy atom. The molecule has 0 bridgehead atoms. The molecule has 1 aliphatic heterocycles. The average Bonchev–Trinajstić information content (AvgIpc) is 3.09. The molecule has 3 rings (SSSR count). The Bertz CT molecular complexity index is 515. The lowest BCUT2D eigenvalue weighted by atomic mass is 10.2. The van der Waals surface area contributed by atoms with Crippen LogP contribution in [0, 0.1) is 0 Å². The normalized spacial score (nSPS) is 19.1. The van der Waals surface area contributed by atoms with Crippen LogP contribution in [-0.2, 0) is 4.74 Å². The Morgan fingerprint density at radius 1 is 1.28 bits per heavy atom. The molecule has 0 amide bonds. The summed E-state index contributed by atoms with van der Waals surface area (Å²) in [4.78, 5) is 4.37. The van der Waals surface area contributed by atoms with Gasteiger partial charge in [-0.2, -0.15) is 4.98 Å². The van der Waals surface area contributed by atoms with Gasteiger partial charge in [0, 0.05) is 12.2 Å². The summed E-state index contributed by atoms with van der Waals surface area (Å²) >= 11 is 0. The van der Waals surface area contributed by atoms with Crippen molar-refractivity contribution >= 4 is 0 Å². The largest absolute Gasteiger partial charge is 0.497 e. The van der Waals surface area contributed by atoms with Crippen LogP contribution in [0.1, 0.15) is 24.8 Å². The summed E-state index contributed by atoms with van der Waals surface area (Å²) < 4.78 is 15.9. The van der Waals surface area contributed by atoms with E-state index in [0.717, 1.165) is 30.8 Å². The molecule has 0 unspecified atom stereocenters. The molecule has 18 heavy (non-hydrogen) atoms. The molecule has 94 valence electrons. The quantitative estimate of drug-likeness (QED) is 0.833. The van der Waals surface area contributed by atoms with Crippen molar-refractivity contribution < 1.29 is 14.0 Å². The minimum atomic E-state index is -0.0375. The van der Waals surface area contributed by atoms with Crippen LogP contribution in [0.15, 0.2) is 28.8 Å². The van der Waals surface area contributed by atoms with Crippen LogP contribution >= 0.6 is 0 Å². The first-order valence-electron chi connectivity index (χ1n) is 5.96. The molecule has 1 atom stereocenters. The van der Waals surface area contributed by atoms with E-state index in [0.29, 0.717) is 11.7 Å². The lowest BCUT2D eigenvalue weighted by molar-refractivity contribution is 0.0835. The maximum atomic E-state index is 5.51. The molecule has 1 aromatic heterocycles. The molecule has 0 saturated carbocycles. The molecule has 1 fully saturated rings. The smallest absolute Gasteiger partial charge is 0.256 e. The first-order valence-corrected chi connectivity index (χ1v) is 5.96. The van der Waals surface area contributed by atoms with Crippen LogP contribution in [-0.4, -0.2) is 23.9 Å². The van der Waals surface area contributed by atoms with E-state index in [4.69, 9.17) is 14.0 Å². The number of hydrogen-bond donors (Lipinski definition) is 0. The lowest BCUT2D eigenvalue weighted by Crippen LogP contribution is -1.95. The fourth-order valence-electron chi connectivity index (χ4n) is 2.00. The van der Waals surface area contributed by atoms with Gasteiger partial charge in [-0.25, -0.2) is 0 Å². The third-order valence-corrected chi connectivity index (χ3v) is 3.00. The minimum absolute atomic E-state index is 0.0375.